The predicted octanol–water partition coefficient (Wildman–Crippen LogP) is 1.67. The Morgan fingerprint density at radius 2 is 2.04 bits per heavy atom. The van der Waals surface area contributed by atoms with Crippen molar-refractivity contribution in [3.05, 3.63) is 39.9 Å². The largest absolute Gasteiger partial charge is 0.354 e. The molecular weight excluding hydrogens is 384 g/mol. The lowest BCUT2D eigenvalue weighted by molar-refractivity contribution is -0.385. The summed E-state index contributed by atoms with van der Waals surface area (Å²) < 4.78 is 0. The van der Waals surface area contributed by atoms with Gasteiger partial charge in [-0.1, -0.05) is 18.2 Å². The fourth-order valence-corrected chi connectivity index (χ4v) is 3.85. The summed E-state index contributed by atoms with van der Waals surface area (Å²) in [6.45, 7) is 2.69. The van der Waals surface area contributed by atoms with Gasteiger partial charge in [0.1, 0.15) is 0 Å². The van der Waals surface area contributed by atoms with Crippen LogP contribution in [0, 0.1) is 16.0 Å². The second kappa shape index (κ2) is 10.4. The number of nitro groups is 1. The summed E-state index contributed by atoms with van der Waals surface area (Å²) in [4.78, 5) is 37.2. The van der Waals surface area contributed by atoms with Gasteiger partial charge in [0.15, 0.2) is 0 Å². The third-order valence-corrected chi connectivity index (χ3v) is 5.34. The van der Waals surface area contributed by atoms with Crippen LogP contribution in [0.15, 0.2) is 24.3 Å². The highest BCUT2D eigenvalue weighted by molar-refractivity contribution is 5.85. The number of halogens is 1. The number of benzene rings is 1. The molecule has 2 saturated heterocycles. The summed E-state index contributed by atoms with van der Waals surface area (Å²) in [6, 6.07) is 6.28. The second-order valence-corrected chi connectivity index (χ2v) is 7.30. The van der Waals surface area contributed by atoms with E-state index < -0.39 is 4.92 Å². The van der Waals surface area contributed by atoms with Crippen LogP contribution in [0.2, 0.25) is 0 Å². The number of nitro benzene ring substituents is 1. The van der Waals surface area contributed by atoms with Gasteiger partial charge >= 0.3 is 0 Å². The molecule has 28 heavy (non-hydrogen) atoms. The van der Waals surface area contributed by atoms with Crippen molar-refractivity contribution in [2.45, 2.75) is 38.1 Å². The SMILES string of the molecule is Cl.O=C(NCC1CCCN(C(=O)Cc2ccccc2[N+](=O)[O-])C1)C1CCCN1. The Balaban J connectivity index is 0.00000280. The van der Waals surface area contributed by atoms with E-state index in [9.17, 15) is 19.7 Å². The van der Waals surface area contributed by atoms with Gasteiger partial charge in [-0.2, -0.15) is 0 Å². The van der Waals surface area contributed by atoms with Gasteiger partial charge in [-0.05, 0) is 38.1 Å². The average molecular weight is 411 g/mol. The van der Waals surface area contributed by atoms with Crippen LogP contribution in [0.25, 0.3) is 0 Å². The molecule has 2 atom stereocenters. The molecule has 2 heterocycles. The maximum atomic E-state index is 12.6. The van der Waals surface area contributed by atoms with Crippen LogP contribution in [-0.4, -0.2) is 53.9 Å². The molecule has 0 radical (unpaired) electrons. The van der Waals surface area contributed by atoms with Gasteiger partial charge in [0.05, 0.1) is 17.4 Å². The molecule has 0 bridgehead atoms. The van der Waals surface area contributed by atoms with Crippen LogP contribution in [0.1, 0.15) is 31.2 Å². The number of carbonyl (C=O) groups is 2. The lowest BCUT2D eigenvalue weighted by Crippen LogP contribution is -2.47. The fraction of sp³-hybridized carbons (Fsp3) is 0.579. The van der Waals surface area contributed by atoms with Gasteiger partial charge in [-0.3, -0.25) is 19.7 Å². The predicted molar refractivity (Wildman–Crippen MR) is 107 cm³/mol. The molecule has 1 aromatic carbocycles. The Morgan fingerprint density at radius 1 is 1.25 bits per heavy atom. The van der Waals surface area contributed by atoms with Gasteiger partial charge in [-0.25, -0.2) is 0 Å². The first-order valence-electron chi connectivity index (χ1n) is 9.55. The highest BCUT2D eigenvalue weighted by atomic mass is 35.5. The fourth-order valence-electron chi connectivity index (χ4n) is 3.85. The first kappa shape index (κ1) is 22.1. The minimum atomic E-state index is -0.450. The van der Waals surface area contributed by atoms with Gasteiger partial charge in [-0.15, -0.1) is 12.4 Å². The van der Waals surface area contributed by atoms with Gasteiger partial charge < -0.3 is 15.5 Å². The second-order valence-electron chi connectivity index (χ2n) is 7.30. The Labute approximate surface area is 170 Å². The number of amides is 2. The zero-order valence-corrected chi connectivity index (χ0v) is 16.6. The number of carbonyl (C=O) groups excluding carboxylic acids is 2. The van der Waals surface area contributed by atoms with Crippen LogP contribution in [-0.2, 0) is 16.0 Å². The summed E-state index contributed by atoms with van der Waals surface area (Å²) in [7, 11) is 0. The summed E-state index contributed by atoms with van der Waals surface area (Å²) in [5, 5.41) is 17.3. The number of nitrogens with one attached hydrogen (secondary N) is 2. The van der Waals surface area contributed by atoms with Crippen molar-refractivity contribution in [3.63, 3.8) is 0 Å². The minimum Gasteiger partial charge on any atom is -0.354 e. The molecule has 2 unspecified atom stereocenters. The van der Waals surface area contributed by atoms with Crippen LogP contribution in [0.4, 0.5) is 5.69 Å². The molecule has 2 aliphatic heterocycles. The molecule has 1 aromatic rings. The lowest BCUT2D eigenvalue weighted by Gasteiger charge is -2.33. The minimum absolute atomic E-state index is 0. The average Bonchev–Trinajstić information content (AvgIpc) is 3.21. The summed E-state index contributed by atoms with van der Waals surface area (Å²) in [5.74, 6) is 0.160. The van der Waals surface area contributed by atoms with Crippen molar-refractivity contribution in [1.29, 1.82) is 0 Å². The van der Waals surface area contributed by atoms with E-state index in [0.29, 0.717) is 25.2 Å². The lowest BCUT2D eigenvalue weighted by atomic mass is 9.97. The van der Waals surface area contributed by atoms with E-state index in [1.165, 1.54) is 6.07 Å². The van der Waals surface area contributed by atoms with Gasteiger partial charge in [0.25, 0.3) is 5.69 Å². The van der Waals surface area contributed by atoms with Crippen LogP contribution >= 0.6 is 12.4 Å². The number of para-hydroxylation sites is 1. The van der Waals surface area contributed by atoms with Crippen molar-refractivity contribution in [2.24, 2.45) is 5.92 Å². The van der Waals surface area contributed by atoms with E-state index in [4.69, 9.17) is 0 Å². The molecule has 0 aromatic heterocycles. The van der Waals surface area contributed by atoms with E-state index in [1.54, 1.807) is 23.1 Å². The van der Waals surface area contributed by atoms with E-state index in [2.05, 4.69) is 10.6 Å². The van der Waals surface area contributed by atoms with E-state index in [-0.39, 0.29) is 48.3 Å². The van der Waals surface area contributed by atoms with Crippen LogP contribution in [0.3, 0.4) is 0 Å². The zero-order valence-electron chi connectivity index (χ0n) is 15.8. The van der Waals surface area contributed by atoms with E-state index in [0.717, 1.165) is 32.2 Å². The van der Waals surface area contributed by atoms with Crippen LogP contribution < -0.4 is 10.6 Å². The van der Waals surface area contributed by atoms with Crippen molar-refractivity contribution in [3.8, 4) is 0 Å². The third-order valence-electron chi connectivity index (χ3n) is 5.34. The molecule has 8 nitrogen and oxygen atoms in total. The number of hydrogen-bond acceptors (Lipinski definition) is 5. The number of hydrogen-bond donors (Lipinski definition) is 2. The maximum absolute atomic E-state index is 12.6. The molecule has 2 fully saturated rings. The van der Waals surface area contributed by atoms with Crippen molar-refractivity contribution in [2.75, 3.05) is 26.2 Å². The standard InChI is InChI=1S/C19H26N4O4.ClH/c24-18(11-15-6-1-2-8-17(15)23(26)27)22-10-4-5-14(13-22)12-21-19(25)16-7-3-9-20-16;/h1-2,6,8,14,16,20H,3-5,7,9-13H2,(H,21,25);1H. The van der Waals surface area contributed by atoms with Crippen molar-refractivity contribution < 1.29 is 14.5 Å². The highest BCUT2D eigenvalue weighted by Gasteiger charge is 2.27. The first-order valence-corrected chi connectivity index (χ1v) is 9.55. The molecule has 9 heteroatoms. The Hall–Kier alpha value is -2.19. The van der Waals surface area contributed by atoms with Crippen molar-refractivity contribution in [1.82, 2.24) is 15.5 Å². The highest BCUT2D eigenvalue weighted by Crippen LogP contribution is 2.21. The molecule has 2 N–H and O–H groups in total. The molecule has 0 saturated carbocycles. The van der Waals surface area contributed by atoms with Crippen LogP contribution in [0.5, 0.6) is 0 Å². The summed E-state index contributed by atoms with van der Waals surface area (Å²) >= 11 is 0. The Bertz CT molecular complexity index is 709. The Kier molecular flexibility index (Phi) is 8.19. The molecular formula is C19H27ClN4O4. The van der Waals surface area contributed by atoms with E-state index in [1.807, 2.05) is 0 Å². The quantitative estimate of drug-likeness (QED) is 0.548. The molecule has 0 spiro atoms. The molecule has 0 aliphatic carbocycles. The topological polar surface area (TPSA) is 105 Å². The van der Waals surface area contributed by atoms with E-state index >= 15 is 0 Å². The van der Waals surface area contributed by atoms with Gasteiger partial charge in [0, 0.05) is 31.3 Å². The smallest absolute Gasteiger partial charge is 0.273 e. The first-order chi connectivity index (χ1) is 13.0. The molecule has 2 aliphatic rings. The zero-order chi connectivity index (χ0) is 19.2. The number of rotatable bonds is 6. The number of nitrogens with zero attached hydrogens (tertiary/aromatic N) is 2. The molecule has 154 valence electrons. The summed E-state index contributed by atoms with van der Waals surface area (Å²) in [5.41, 5.74) is 0.422. The molecule has 3 rings (SSSR count). The number of piperidine rings is 1. The normalized spacial score (nSPS) is 21.6. The Morgan fingerprint density at radius 3 is 2.75 bits per heavy atom. The molecule has 2 amide bonds. The maximum Gasteiger partial charge on any atom is 0.273 e. The third kappa shape index (κ3) is 5.65. The monoisotopic (exact) mass is 410 g/mol. The summed E-state index contributed by atoms with van der Waals surface area (Å²) in [6.07, 6.45) is 3.77. The van der Waals surface area contributed by atoms with Crippen molar-refractivity contribution >= 4 is 29.9 Å². The van der Waals surface area contributed by atoms with Gasteiger partial charge in [0.2, 0.25) is 11.8 Å². The number of likely N-dealkylation sites (tertiary alicyclic amines) is 1.